The number of aromatic nitrogens is 2. The first-order chi connectivity index (χ1) is 12.8. The molecule has 0 aliphatic rings. The summed E-state index contributed by atoms with van der Waals surface area (Å²) in [6.07, 6.45) is -1.17. The topological polar surface area (TPSA) is 68.0 Å². The van der Waals surface area contributed by atoms with Crippen molar-refractivity contribution in [1.29, 1.82) is 0 Å². The summed E-state index contributed by atoms with van der Waals surface area (Å²) in [6.45, 7) is 1.66. The first-order valence-electron chi connectivity index (χ1n) is 7.74. The van der Waals surface area contributed by atoms with E-state index in [9.17, 15) is 18.0 Å². The fourth-order valence-corrected chi connectivity index (χ4v) is 3.03. The van der Waals surface area contributed by atoms with Crippen LogP contribution in [-0.2, 0) is 6.18 Å². The predicted octanol–water partition coefficient (Wildman–Crippen LogP) is 5.04. The Morgan fingerprint density at radius 3 is 2.41 bits per heavy atom. The second kappa shape index (κ2) is 7.43. The SMILES string of the molecule is CSc1nc(-c2ccco2)nc(C)c1C(=O)Nc1ccc(C(F)(F)F)cc1. The molecule has 1 aromatic carbocycles. The Labute approximate surface area is 157 Å². The van der Waals surface area contributed by atoms with E-state index in [1.54, 1.807) is 25.3 Å². The van der Waals surface area contributed by atoms with Crippen molar-refractivity contribution in [2.45, 2.75) is 18.1 Å². The van der Waals surface area contributed by atoms with Crippen LogP contribution in [-0.4, -0.2) is 22.1 Å². The minimum Gasteiger partial charge on any atom is -0.461 e. The van der Waals surface area contributed by atoms with Gasteiger partial charge in [0, 0.05) is 5.69 Å². The number of amides is 1. The molecule has 0 unspecified atom stereocenters. The van der Waals surface area contributed by atoms with E-state index in [1.807, 2.05) is 0 Å². The van der Waals surface area contributed by atoms with E-state index in [0.717, 1.165) is 12.1 Å². The summed E-state index contributed by atoms with van der Waals surface area (Å²) in [4.78, 5) is 21.3. The van der Waals surface area contributed by atoms with Gasteiger partial charge in [0.05, 0.1) is 23.1 Å². The zero-order chi connectivity index (χ0) is 19.6. The number of anilines is 1. The summed E-state index contributed by atoms with van der Waals surface area (Å²) < 4.78 is 43.2. The standard InChI is InChI=1S/C18H14F3N3O2S/c1-10-14(17(27-2)24-15(22-10)13-4-3-9-26-13)16(25)23-12-7-5-11(6-8-12)18(19,20)21/h3-9H,1-2H3,(H,23,25). The highest BCUT2D eigenvalue weighted by molar-refractivity contribution is 7.98. The van der Waals surface area contributed by atoms with Crippen molar-refractivity contribution >= 4 is 23.4 Å². The van der Waals surface area contributed by atoms with Crippen molar-refractivity contribution in [2.24, 2.45) is 0 Å². The smallest absolute Gasteiger partial charge is 0.416 e. The van der Waals surface area contributed by atoms with Gasteiger partial charge >= 0.3 is 6.18 Å². The van der Waals surface area contributed by atoms with E-state index in [0.29, 0.717) is 22.3 Å². The van der Waals surface area contributed by atoms with Crippen molar-refractivity contribution in [2.75, 3.05) is 11.6 Å². The first kappa shape index (κ1) is 19.0. The third-order valence-corrected chi connectivity index (χ3v) is 4.37. The molecule has 0 atom stereocenters. The number of alkyl halides is 3. The number of rotatable bonds is 4. The number of thioether (sulfide) groups is 1. The second-order valence-electron chi connectivity index (χ2n) is 5.52. The van der Waals surface area contributed by atoms with E-state index in [2.05, 4.69) is 15.3 Å². The van der Waals surface area contributed by atoms with Crippen molar-refractivity contribution in [3.05, 3.63) is 59.5 Å². The zero-order valence-corrected chi connectivity index (χ0v) is 15.1. The number of hydrogen-bond acceptors (Lipinski definition) is 5. The average Bonchev–Trinajstić information content (AvgIpc) is 3.15. The summed E-state index contributed by atoms with van der Waals surface area (Å²) in [5.41, 5.74) is 0.157. The van der Waals surface area contributed by atoms with Gasteiger partial charge in [-0.2, -0.15) is 13.2 Å². The molecule has 9 heteroatoms. The molecule has 5 nitrogen and oxygen atoms in total. The van der Waals surface area contributed by atoms with Crippen LogP contribution in [0, 0.1) is 6.92 Å². The lowest BCUT2D eigenvalue weighted by Crippen LogP contribution is -2.17. The normalized spacial score (nSPS) is 11.4. The van der Waals surface area contributed by atoms with Crippen LogP contribution in [0.3, 0.4) is 0 Å². The first-order valence-corrected chi connectivity index (χ1v) is 8.97. The molecule has 0 spiro atoms. The number of aryl methyl sites for hydroxylation is 1. The molecule has 2 aromatic heterocycles. The third-order valence-electron chi connectivity index (χ3n) is 3.69. The van der Waals surface area contributed by atoms with E-state index >= 15 is 0 Å². The maximum atomic E-state index is 12.6. The Balaban J connectivity index is 1.88. The monoisotopic (exact) mass is 393 g/mol. The number of furan rings is 1. The largest absolute Gasteiger partial charge is 0.461 e. The summed E-state index contributed by atoms with van der Waals surface area (Å²) in [7, 11) is 0. The van der Waals surface area contributed by atoms with E-state index in [-0.39, 0.29) is 11.3 Å². The van der Waals surface area contributed by atoms with E-state index in [1.165, 1.54) is 30.2 Å². The Morgan fingerprint density at radius 2 is 1.85 bits per heavy atom. The lowest BCUT2D eigenvalue weighted by molar-refractivity contribution is -0.137. The van der Waals surface area contributed by atoms with E-state index in [4.69, 9.17) is 4.42 Å². The van der Waals surface area contributed by atoms with Crippen LogP contribution in [0.2, 0.25) is 0 Å². The van der Waals surface area contributed by atoms with Gasteiger partial charge < -0.3 is 9.73 Å². The number of nitrogens with zero attached hydrogens (tertiary/aromatic N) is 2. The van der Waals surface area contributed by atoms with Crippen molar-refractivity contribution < 1.29 is 22.4 Å². The van der Waals surface area contributed by atoms with Gasteiger partial charge in [0.15, 0.2) is 11.6 Å². The van der Waals surface area contributed by atoms with Gasteiger partial charge in [0.1, 0.15) is 5.03 Å². The van der Waals surface area contributed by atoms with Gasteiger partial charge in [-0.3, -0.25) is 4.79 Å². The lowest BCUT2D eigenvalue weighted by atomic mass is 10.2. The number of halogens is 3. The minimum absolute atomic E-state index is 0.245. The molecule has 1 N–H and O–H groups in total. The Hall–Kier alpha value is -2.81. The molecule has 0 radical (unpaired) electrons. The number of nitrogens with one attached hydrogen (secondary N) is 1. The summed E-state index contributed by atoms with van der Waals surface area (Å²) in [6, 6.07) is 7.64. The lowest BCUT2D eigenvalue weighted by Gasteiger charge is -2.12. The maximum absolute atomic E-state index is 12.6. The molecule has 140 valence electrons. The minimum atomic E-state index is -4.43. The van der Waals surface area contributed by atoms with E-state index < -0.39 is 17.6 Å². The molecule has 0 bridgehead atoms. The maximum Gasteiger partial charge on any atom is 0.416 e. The molecular weight excluding hydrogens is 379 g/mol. The van der Waals surface area contributed by atoms with Crippen molar-refractivity contribution in [3.8, 4) is 11.6 Å². The molecule has 3 rings (SSSR count). The molecule has 0 saturated heterocycles. The third kappa shape index (κ3) is 4.13. The second-order valence-corrected chi connectivity index (χ2v) is 6.32. The summed E-state index contributed by atoms with van der Waals surface area (Å²) >= 11 is 1.26. The molecule has 0 aliphatic heterocycles. The Morgan fingerprint density at radius 1 is 1.15 bits per heavy atom. The molecule has 27 heavy (non-hydrogen) atoms. The number of benzene rings is 1. The zero-order valence-electron chi connectivity index (χ0n) is 14.3. The summed E-state index contributed by atoms with van der Waals surface area (Å²) in [5.74, 6) is 0.332. The molecule has 0 fully saturated rings. The Bertz CT molecular complexity index is 955. The molecular formula is C18H14F3N3O2S. The summed E-state index contributed by atoms with van der Waals surface area (Å²) in [5, 5.41) is 3.03. The Kier molecular flexibility index (Phi) is 5.22. The number of carbonyl (C=O) groups is 1. The van der Waals surface area contributed by atoms with Gasteiger partial charge in [-0.15, -0.1) is 11.8 Å². The van der Waals surface area contributed by atoms with Crippen LogP contribution >= 0.6 is 11.8 Å². The number of hydrogen-bond donors (Lipinski definition) is 1. The van der Waals surface area contributed by atoms with Crippen LogP contribution in [0.25, 0.3) is 11.6 Å². The molecule has 1 amide bonds. The number of carbonyl (C=O) groups excluding carboxylic acids is 1. The van der Waals surface area contributed by atoms with Crippen LogP contribution in [0.1, 0.15) is 21.6 Å². The van der Waals surface area contributed by atoms with Crippen molar-refractivity contribution in [3.63, 3.8) is 0 Å². The van der Waals surface area contributed by atoms with Crippen LogP contribution in [0.15, 0.2) is 52.1 Å². The fraction of sp³-hybridized carbons (Fsp3) is 0.167. The molecule has 3 aromatic rings. The highest BCUT2D eigenvalue weighted by Crippen LogP contribution is 2.30. The molecule has 0 aliphatic carbocycles. The van der Waals surface area contributed by atoms with Gasteiger partial charge in [0.25, 0.3) is 5.91 Å². The average molecular weight is 393 g/mol. The van der Waals surface area contributed by atoms with Gasteiger partial charge in [0.2, 0.25) is 0 Å². The van der Waals surface area contributed by atoms with Gasteiger partial charge in [-0.05, 0) is 49.6 Å². The van der Waals surface area contributed by atoms with Crippen LogP contribution < -0.4 is 5.32 Å². The molecule has 2 heterocycles. The predicted molar refractivity (Wildman–Crippen MR) is 95.6 cm³/mol. The van der Waals surface area contributed by atoms with Gasteiger partial charge in [-0.25, -0.2) is 9.97 Å². The molecule has 0 saturated carbocycles. The van der Waals surface area contributed by atoms with Crippen molar-refractivity contribution in [1.82, 2.24) is 9.97 Å². The highest BCUT2D eigenvalue weighted by atomic mass is 32.2. The van der Waals surface area contributed by atoms with Crippen LogP contribution in [0.5, 0.6) is 0 Å². The fourth-order valence-electron chi connectivity index (χ4n) is 2.41. The van der Waals surface area contributed by atoms with Crippen LogP contribution in [0.4, 0.5) is 18.9 Å². The highest BCUT2D eigenvalue weighted by Gasteiger charge is 2.30. The van der Waals surface area contributed by atoms with Gasteiger partial charge in [-0.1, -0.05) is 0 Å². The quantitative estimate of drug-likeness (QED) is 0.497.